The molecule has 1 heterocycles. The Hall–Kier alpha value is -2.11. The van der Waals surface area contributed by atoms with E-state index in [0.29, 0.717) is 36.7 Å². The van der Waals surface area contributed by atoms with Crippen molar-refractivity contribution < 1.29 is 9.72 Å². The van der Waals surface area contributed by atoms with Crippen molar-refractivity contribution in [2.45, 2.75) is 26.7 Å². The summed E-state index contributed by atoms with van der Waals surface area (Å²) in [5.41, 5.74) is 2.02. The summed E-state index contributed by atoms with van der Waals surface area (Å²) in [7, 11) is 0. The second-order valence-electron chi connectivity index (χ2n) is 5.11. The van der Waals surface area contributed by atoms with E-state index in [0.717, 1.165) is 5.56 Å². The minimum Gasteiger partial charge on any atom is -0.379 e. The Labute approximate surface area is 111 Å². The number of carbonyl (C=O) groups is 1. The number of hydrogen-bond donors (Lipinski definition) is 2. The van der Waals surface area contributed by atoms with Crippen molar-refractivity contribution in [3.8, 4) is 0 Å². The van der Waals surface area contributed by atoms with Crippen molar-refractivity contribution in [2.24, 2.45) is 5.92 Å². The number of carbonyl (C=O) groups excluding carboxylic acids is 1. The molecule has 6 nitrogen and oxygen atoms in total. The average Bonchev–Trinajstić information content (AvgIpc) is 2.35. The topological polar surface area (TPSA) is 84.3 Å². The van der Waals surface area contributed by atoms with Crippen LogP contribution in [0.3, 0.4) is 0 Å². The van der Waals surface area contributed by atoms with Gasteiger partial charge in [0.05, 0.1) is 10.6 Å². The minimum absolute atomic E-state index is 0.00148. The number of fused-ring (bicyclic) bond motifs is 1. The zero-order valence-electron chi connectivity index (χ0n) is 11.0. The number of nitro benzene ring substituents is 1. The van der Waals surface area contributed by atoms with Gasteiger partial charge in [-0.25, -0.2) is 0 Å². The number of benzene rings is 1. The van der Waals surface area contributed by atoms with Crippen LogP contribution in [0.1, 0.15) is 25.8 Å². The summed E-state index contributed by atoms with van der Waals surface area (Å²) < 4.78 is 0. The Bertz CT molecular complexity index is 526. The number of nitrogens with zero attached hydrogens (tertiary/aromatic N) is 1. The van der Waals surface area contributed by atoms with Crippen molar-refractivity contribution >= 4 is 23.0 Å². The summed E-state index contributed by atoms with van der Waals surface area (Å²) in [5, 5.41) is 16.9. The molecule has 0 spiro atoms. The first-order chi connectivity index (χ1) is 8.97. The van der Waals surface area contributed by atoms with Crippen LogP contribution in [0, 0.1) is 16.0 Å². The maximum absolute atomic E-state index is 11.3. The Morgan fingerprint density at radius 2 is 2.16 bits per heavy atom. The highest BCUT2D eigenvalue weighted by Gasteiger charge is 2.22. The molecule has 0 atom stereocenters. The Kier molecular flexibility index (Phi) is 3.69. The van der Waals surface area contributed by atoms with E-state index in [1.54, 1.807) is 6.07 Å². The molecule has 1 aliphatic heterocycles. The zero-order valence-corrected chi connectivity index (χ0v) is 11.0. The van der Waals surface area contributed by atoms with Gasteiger partial charge in [-0.05, 0) is 24.0 Å². The molecule has 0 radical (unpaired) electrons. The Balaban J connectivity index is 2.36. The fraction of sp³-hybridized carbons (Fsp3) is 0.462. The molecule has 0 unspecified atom stereocenters. The van der Waals surface area contributed by atoms with Crippen LogP contribution in [0.4, 0.5) is 17.1 Å². The van der Waals surface area contributed by atoms with E-state index in [9.17, 15) is 14.9 Å². The van der Waals surface area contributed by atoms with Gasteiger partial charge in [0.2, 0.25) is 5.91 Å². The molecule has 0 fully saturated rings. The number of nitro groups is 1. The van der Waals surface area contributed by atoms with Gasteiger partial charge in [0.15, 0.2) is 0 Å². The van der Waals surface area contributed by atoms with Gasteiger partial charge >= 0.3 is 0 Å². The van der Waals surface area contributed by atoms with E-state index < -0.39 is 4.92 Å². The van der Waals surface area contributed by atoms with Crippen molar-refractivity contribution in [1.82, 2.24) is 0 Å². The van der Waals surface area contributed by atoms with Crippen LogP contribution in [0.2, 0.25) is 0 Å². The molecule has 6 heteroatoms. The molecule has 0 bridgehead atoms. The maximum Gasteiger partial charge on any atom is 0.294 e. The number of aryl methyl sites for hydroxylation is 1. The average molecular weight is 263 g/mol. The van der Waals surface area contributed by atoms with Crippen LogP contribution in [-0.4, -0.2) is 17.4 Å². The highest BCUT2D eigenvalue weighted by atomic mass is 16.6. The first-order valence-corrected chi connectivity index (χ1v) is 6.32. The third-order valence-corrected chi connectivity index (χ3v) is 3.01. The SMILES string of the molecule is CC(C)CNc1cc2c(cc1[N+](=O)[O-])NC(=O)CC2. The summed E-state index contributed by atoms with van der Waals surface area (Å²) in [6.45, 7) is 4.75. The van der Waals surface area contributed by atoms with E-state index in [1.165, 1.54) is 6.07 Å². The lowest BCUT2D eigenvalue weighted by Gasteiger charge is -2.18. The molecule has 0 saturated heterocycles. The molecular formula is C13H17N3O3. The molecule has 1 aliphatic rings. The summed E-state index contributed by atoms with van der Waals surface area (Å²) in [5.74, 6) is 0.306. The van der Waals surface area contributed by atoms with Crippen molar-refractivity contribution in [3.05, 3.63) is 27.8 Å². The smallest absolute Gasteiger partial charge is 0.294 e. The molecule has 0 aromatic heterocycles. The monoisotopic (exact) mass is 263 g/mol. The molecule has 1 amide bonds. The summed E-state index contributed by atoms with van der Waals surface area (Å²) in [6, 6.07) is 3.21. The zero-order chi connectivity index (χ0) is 14.0. The van der Waals surface area contributed by atoms with Gasteiger partial charge < -0.3 is 10.6 Å². The molecule has 1 aromatic carbocycles. The van der Waals surface area contributed by atoms with Gasteiger partial charge in [-0.2, -0.15) is 0 Å². The normalized spacial score (nSPS) is 13.9. The fourth-order valence-electron chi connectivity index (χ4n) is 2.02. The molecule has 0 saturated carbocycles. The van der Waals surface area contributed by atoms with Gasteiger partial charge in [0.1, 0.15) is 5.69 Å². The Morgan fingerprint density at radius 3 is 2.79 bits per heavy atom. The Morgan fingerprint density at radius 1 is 1.42 bits per heavy atom. The predicted octanol–water partition coefficient (Wildman–Crippen LogP) is 2.55. The van der Waals surface area contributed by atoms with Gasteiger partial charge in [-0.15, -0.1) is 0 Å². The van der Waals surface area contributed by atoms with Crippen LogP contribution in [0.25, 0.3) is 0 Å². The van der Waals surface area contributed by atoms with E-state index in [4.69, 9.17) is 0 Å². The van der Waals surface area contributed by atoms with Crippen LogP contribution in [0.5, 0.6) is 0 Å². The lowest BCUT2D eigenvalue weighted by Crippen LogP contribution is -2.19. The lowest BCUT2D eigenvalue weighted by atomic mass is 10.0. The standard InChI is InChI=1S/C13H17N3O3/c1-8(2)7-14-11-5-9-3-4-13(17)15-10(9)6-12(11)16(18)19/h5-6,8,14H,3-4,7H2,1-2H3,(H,15,17). The minimum atomic E-state index is -0.427. The summed E-state index contributed by atoms with van der Waals surface area (Å²) in [6.07, 6.45) is 1.05. The summed E-state index contributed by atoms with van der Waals surface area (Å²) in [4.78, 5) is 22.0. The molecule has 1 aromatic rings. The maximum atomic E-state index is 11.3. The van der Waals surface area contributed by atoms with Gasteiger partial charge in [0.25, 0.3) is 5.69 Å². The third kappa shape index (κ3) is 3.01. The van der Waals surface area contributed by atoms with Crippen LogP contribution < -0.4 is 10.6 Å². The lowest BCUT2D eigenvalue weighted by molar-refractivity contribution is -0.383. The number of amides is 1. The van der Waals surface area contributed by atoms with Crippen molar-refractivity contribution in [3.63, 3.8) is 0 Å². The highest BCUT2D eigenvalue weighted by molar-refractivity contribution is 5.95. The van der Waals surface area contributed by atoms with Crippen LogP contribution >= 0.6 is 0 Å². The first kappa shape index (κ1) is 13.3. The molecule has 19 heavy (non-hydrogen) atoms. The van der Waals surface area contributed by atoms with E-state index >= 15 is 0 Å². The number of nitrogens with one attached hydrogen (secondary N) is 2. The number of hydrogen-bond acceptors (Lipinski definition) is 4. The molecular weight excluding hydrogens is 246 g/mol. The van der Waals surface area contributed by atoms with Crippen LogP contribution in [-0.2, 0) is 11.2 Å². The molecule has 2 rings (SSSR count). The van der Waals surface area contributed by atoms with Gasteiger partial charge in [-0.3, -0.25) is 14.9 Å². The first-order valence-electron chi connectivity index (χ1n) is 6.32. The van der Waals surface area contributed by atoms with Crippen LogP contribution in [0.15, 0.2) is 12.1 Å². The molecule has 102 valence electrons. The molecule has 0 aliphatic carbocycles. The fourth-order valence-corrected chi connectivity index (χ4v) is 2.02. The third-order valence-electron chi connectivity index (χ3n) is 3.01. The van der Waals surface area contributed by atoms with E-state index in [2.05, 4.69) is 10.6 Å². The van der Waals surface area contributed by atoms with Gasteiger partial charge in [0, 0.05) is 19.0 Å². The highest BCUT2D eigenvalue weighted by Crippen LogP contribution is 2.34. The summed E-state index contributed by atoms with van der Waals surface area (Å²) >= 11 is 0. The van der Waals surface area contributed by atoms with Crippen molar-refractivity contribution in [1.29, 1.82) is 0 Å². The van der Waals surface area contributed by atoms with E-state index in [-0.39, 0.29) is 11.6 Å². The number of anilines is 2. The van der Waals surface area contributed by atoms with E-state index in [1.807, 2.05) is 13.8 Å². The van der Waals surface area contributed by atoms with Crippen molar-refractivity contribution in [2.75, 3.05) is 17.2 Å². The predicted molar refractivity (Wildman–Crippen MR) is 73.4 cm³/mol. The molecule has 2 N–H and O–H groups in total. The number of rotatable bonds is 4. The second-order valence-corrected chi connectivity index (χ2v) is 5.11. The second kappa shape index (κ2) is 5.26. The van der Waals surface area contributed by atoms with Gasteiger partial charge in [-0.1, -0.05) is 13.8 Å². The quantitative estimate of drug-likeness (QED) is 0.645. The largest absolute Gasteiger partial charge is 0.379 e.